The molecule has 3 heterocycles. The predicted octanol–water partition coefficient (Wildman–Crippen LogP) is 2.99. The summed E-state index contributed by atoms with van der Waals surface area (Å²) in [5.74, 6) is 1.36. The third-order valence-corrected chi connectivity index (χ3v) is 5.24. The lowest BCUT2D eigenvalue weighted by molar-refractivity contribution is -0.140. The van der Waals surface area contributed by atoms with Gasteiger partial charge in [0.05, 0.1) is 5.69 Å². The first kappa shape index (κ1) is 15.2. The molecule has 1 amide bonds. The lowest BCUT2D eigenvalue weighted by Gasteiger charge is -2.34. The van der Waals surface area contributed by atoms with Crippen molar-refractivity contribution in [3.8, 4) is 5.75 Å². The summed E-state index contributed by atoms with van der Waals surface area (Å²) in [5.41, 5.74) is 3.26. The van der Waals surface area contributed by atoms with Crippen molar-refractivity contribution in [1.29, 1.82) is 0 Å². The summed E-state index contributed by atoms with van der Waals surface area (Å²) in [6, 6.07) is 10.0. The molecule has 0 bridgehead atoms. The number of hydrogen-bond acceptors (Lipinski definition) is 3. The molecular formula is C19H23N3O2. The van der Waals surface area contributed by atoms with Crippen LogP contribution in [0.3, 0.4) is 0 Å². The van der Waals surface area contributed by atoms with E-state index in [9.17, 15) is 4.79 Å². The zero-order chi connectivity index (χ0) is 16.7. The molecule has 1 saturated heterocycles. The second-order valence-corrected chi connectivity index (χ2v) is 6.96. The van der Waals surface area contributed by atoms with E-state index >= 15 is 0 Å². The smallest absolute Gasteiger partial charge is 0.264 e. The summed E-state index contributed by atoms with van der Waals surface area (Å²) in [7, 11) is 0. The number of aromatic nitrogens is 2. The Kier molecular flexibility index (Phi) is 3.79. The van der Waals surface area contributed by atoms with Crippen LogP contribution in [0.2, 0.25) is 0 Å². The Hall–Kier alpha value is -2.30. The van der Waals surface area contributed by atoms with Gasteiger partial charge in [-0.3, -0.25) is 9.89 Å². The molecule has 0 spiro atoms. The first-order valence-corrected chi connectivity index (χ1v) is 8.70. The van der Waals surface area contributed by atoms with Crippen LogP contribution in [0, 0.1) is 6.92 Å². The molecule has 2 aliphatic rings. The SMILES string of the molecule is Cc1cc([C@@H]2CCCN(C(=O)[C@@H]3Oc4ccccc4[C@@H]3C)C2)n[nH]1. The number of para-hydroxylation sites is 1. The number of H-pyrrole nitrogens is 1. The molecule has 1 fully saturated rings. The molecule has 1 N–H and O–H groups in total. The molecule has 0 unspecified atom stereocenters. The first-order valence-electron chi connectivity index (χ1n) is 8.70. The highest BCUT2D eigenvalue weighted by Crippen LogP contribution is 2.39. The Balaban J connectivity index is 1.49. The number of hydrogen-bond donors (Lipinski definition) is 1. The average Bonchev–Trinajstić information content (AvgIpc) is 3.19. The predicted molar refractivity (Wildman–Crippen MR) is 91.2 cm³/mol. The number of aryl methyl sites for hydroxylation is 1. The number of benzene rings is 1. The van der Waals surface area contributed by atoms with E-state index in [1.165, 1.54) is 0 Å². The van der Waals surface area contributed by atoms with Crippen LogP contribution in [0.1, 0.15) is 48.6 Å². The van der Waals surface area contributed by atoms with E-state index in [0.717, 1.165) is 48.6 Å². The van der Waals surface area contributed by atoms with Crippen LogP contribution in [0.4, 0.5) is 0 Å². The largest absolute Gasteiger partial charge is 0.480 e. The van der Waals surface area contributed by atoms with Crippen LogP contribution >= 0.6 is 0 Å². The zero-order valence-corrected chi connectivity index (χ0v) is 14.2. The molecule has 5 nitrogen and oxygen atoms in total. The standard InChI is InChI=1S/C19H23N3O2/c1-12-10-16(21-20-12)14-6-5-9-22(11-14)19(23)18-13(2)15-7-3-4-8-17(15)24-18/h3-4,7-8,10,13-14,18H,5-6,9,11H2,1-2H3,(H,20,21)/t13-,14+,18+/m0/s1. The number of aromatic amines is 1. The molecule has 0 aliphatic carbocycles. The Morgan fingerprint density at radius 2 is 2.21 bits per heavy atom. The topological polar surface area (TPSA) is 58.2 Å². The fourth-order valence-electron chi connectivity index (χ4n) is 3.88. The van der Waals surface area contributed by atoms with Gasteiger partial charge in [-0.05, 0) is 31.9 Å². The lowest BCUT2D eigenvalue weighted by atomic mass is 9.92. The summed E-state index contributed by atoms with van der Waals surface area (Å²) in [6.45, 7) is 5.62. The van der Waals surface area contributed by atoms with Crippen LogP contribution in [-0.4, -0.2) is 40.2 Å². The molecule has 4 rings (SSSR count). The van der Waals surface area contributed by atoms with Crippen molar-refractivity contribution in [2.24, 2.45) is 0 Å². The van der Waals surface area contributed by atoms with E-state index in [-0.39, 0.29) is 11.8 Å². The van der Waals surface area contributed by atoms with Crippen LogP contribution in [0.15, 0.2) is 30.3 Å². The van der Waals surface area contributed by atoms with Crippen molar-refractivity contribution in [1.82, 2.24) is 15.1 Å². The van der Waals surface area contributed by atoms with Crippen molar-refractivity contribution in [3.63, 3.8) is 0 Å². The van der Waals surface area contributed by atoms with Gasteiger partial charge in [0.2, 0.25) is 0 Å². The molecule has 1 aromatic heterocycles. The quantitative estimate of drug-likeness (QED) is 0.923. The average molecular weight is 325 g/mol. The monoisotopic (exact) mass is 325 g/mol. The minimum atomic E-state index is -0.401. The number of nitrogens with one attached hydrogen (secondary N) is 1. The van der Waals surface area contributed by atoms with Crippen molar-refractivity contribution in [3.05, 3.63) is 47.3 Å². The number of amides is 1. The molecule has 0 saturated carbocycles. The maximum atomic E-state index is 13.0. The van der Waals surface area contributed by atoms with Gasteiger partial charge in [0.1, 0.15) is 5.75 Å². The van der Waals surface area contributed by atoms with E-state index in [1.54, 1.807) is 0 Å². The van der Waals surface area contributed by atoms with Gasteiger partial charge < -0.3 is 9.64 Å². The molecule has 2 aliphatic heterocycles. The molecule has 126 valence electrons. The van der Waals surface area contributed by atoms with Crippen molar-refractivity contribution < 1.29 is 9.53 Å². The van der Waals surface area contributed by atoms with E-state index in [0.29, 0.717) is 5.92 Å². The first-order chi connectivity index (χ1) is 11.6. The number of piperidine rings is 1. The van der Waals surface area contributed by atoms with Crippen LogP contribution in [0.25, 0.3) is 0 Å². The number of fused-ring (bicyclic) bond motifs is 1. The fourth-order valence-corrected chi connectivity index (χ4v) is 3.88. The highest BCUT2D eigenvalue weighted by Gasteiger charge is 2.39. The highest BCUT2D eigenvalue weighted by molar-refractivity contribution is 5.83. The van der Waals surface area contributed by atoms with Crippen LogP contribution in [0.5, 0.6) is 5.75 Å². The minimum Gasteiger partial charge on any atom is -0.480 e. The third-order valence-electron chi connectivity index (χ3n) is 5.24. The number of ether oxygens (including phenoxy) is 1. The van der Waals surface area contributed by atoms with E-state index < -0.39 is 6.10 Å². The van der Waals surface area contributed by atoms with Crippen LogP contribution < -0.4 is 4.74 Å². The summed E-state index contributed by atoms with van der Waals surface area (Å²) >= 11 is 0. The normalized spacial score (nSPS) is 26.1. The van der Waals surface area contributed by atoms with Crippen molar-refractivity contribution in [2.75, 3.05) is 13.1 Å². The Labute approximate surface area is 142 Å². The summed E-state index contributed by atoms with van der Waals surface area (Å²) in [6.07, 6.45) is 1.69. The second-order valence-electron chi connectivity index (χ2n) is 6.96. The maximum Gasteiger partial charge on any atom is 0.264 e. The number of carbonyl (C=O) groups is 1. The van der Waals surface area contributed by atoms with Gasteiger partial charge in [-0.15, -0.1) is 0 Å². The van der Waals surface area contributed by atoms with Crippen molar-refractivity contribution in [2.45, 2.75) is 44.6 Å². The third kappa shape index (κ3) is 2.58. The second kappa shape index (κ2) is 5.96. The van der Waals surface area contributed by atoms with Gasteiger partial charge in [-0.25, -0.2) is 0 Å². The molecule has 3 atom stereocenters. The van der Waals surface area contributed by atoms with E-state index in [2.05, 4.69) is 29.3 Å². The van der Waals surface area contributed by atoms with E-state index in [4.69, 9.17) is 4.74 Å². The number of carbonyl (C=O) groups excluding carboxylic acids is 1. The zero-order valence-electron chi connectivity index (χ0n) is 14.2. The minimum absolute atomic E-state index is 0.0988. The molecule has 2 aromatic rings. The Morgan fingerprint density at radius 1 is 1.38 bits per heavy atom. The van der Waals surface area contributed by atoms with Gasteiger partial charge in [0.15, 0.2) is 6.10 Å². The molecule has 24 heavy (non-hydrogen) atoms. The Bertz CT molecular complexity index is 755. The van der Waals surface area contributed by atoms with Crippen molar-refractivity contribution >= 4 is 5.91 Å². The molecule has 0 radical (unpaired) electrons. The number of rotatable bonds is 2. The van der Waals surface area contributed by atoms with Crippen LogP contribution in [-0.2, 0) is 4.79 Å². The lowest BCUT2D eigenvalue weighted by Crippen LogP contribution is -2.46. The van der Waals surface area contributed by atoms with Gasteiger partial charge in [-0.2, -0.15) is 5.10 Å². The number of likely N-dealkylation sites (tertiary alicyclic amines) is 1. The van der Waals surface area contributed by atoms with Gasteiger partial charge >= 0.3 is 0 Å². The number of nitrogens with zero attached hydrogens (tertiary/aromatic N) is 2. The fraction of sp³-hybridized carbons (Fsp3) is 0.474. The van der Waals surface area contributed by atoms with Gasteiger partial charge in [-0.1, -0.05) is 25.1 Å². The van der Waals surface area contributed by atoms with Gasteiger partial charge in [0, 0.05) is 36.2 Å². The molecule has 5 heteroatoms. The summed E-state index contributed by atoms with van der Waals surface area (Å²) in [4.78, 5) is 15.0. The summed E-state index contributed by atoms with van der Waals surface area (Å²) < 4.78 is 5.97. The summed E-state index contributed by atoms with van der Waals surface area (Å²) in [5, 5.41) is 7.39. The van der Waals surface area contributed by atoms with E-state index in [1.807, 2.05) is 30.0 Å². The Morgan fingerprint density at radius 3 is 2.96 bits per heavy atom. The molecule has 1 aromatic carbocycles. The van der Waals surface area contributed by atoms with Gasteiger partial charge in [0.25, 0.3) is 5.91 Å². The maximum absolute atomic E-state index is 13.0. The molecular weight excluding hydrogens is 302 g/mol. The highest BCUT2D eigenvalue weighted by atomic mass is 16.5.